The zero-order chi connectivity index (χ0) is 32.7. The van der Waals surface area contributed by atoms with Crippen molar-refractivity contribution in [2.24, 2.45) is 5.41 Å². The second-order valence-corrected chi connectivity index (χ2v) is 12.8. The normalized spacial score (nSPS) is 18.2. The predicted octanol–water partition coefficient (Wildman–Crippen LogP) is 1.77. The summed E-state index contributed by atoms with van der Waals surface area (Å²) in [7, 11) is 0. The van der Waals surface area contributed by atoms with Crippen molar-refractivity contribution >= 4 is 111 Å². The van der Waals surface area contributed by atoms with E-state index in [-0.39, 0.29) is 145 Å². The van der Waals surface area contributed by atoms with E-state index in [2.05, 4.69) is 66.0 Å². The Labute approximate surface area is 406 Å². The fourth-order valence-corrected chi connectivity index (χ4v) is 5.94. The molecule has 2 saturated heterocycles. The van der Waals surface area contributed by atoms with E-state index in [0.717, 1.165) is 118 Å². The summed E-state index contributed by atoms with van der Waals surface area (Å²) in [6, 6.07) is 9.42. The van der Waals surface area contributed by atoms with Gasteiger partial charge in [-0.05, 0) is 102 Å². The van der Waals surface area contributed by atoms with Gasteiger partial charge in [-0.2, -0.15) is 0 Å². The molecule has 0 aromatic heterocycles. The molecule has 4 rings (SSSR count). The number of aliphatic carboxylic acids is 2. The molecule has 2 heterocycles. The van der Waals surface area contributed by atoms with Crippen LogP contribution in [0.25, 0.3) is 0 Å². The molecule has 23 heteroatoms. The molecule has 350 valence electrons. The Balaban J connectivity index is -0.000000139. The number of carboxylic acid groups (broad SMARTS) is 2. The molecule has 0 atom stereocenters. The zero-order valence-corrected chi connectivity index (χ0v) is 41.8. The molecule has 3 fully saturated rings. The number of hydrogen-bond acceptors (Lipinski definition) is 14. The number of carbonyl (C=O) groups excluding carboxylic acids is 2. The molecular weight excluding hydrogens is 1090 g/mol. The minimum absolute atomic E-state index is 0. The van der Waals surface area contributed by atoms with Crippen LogP contribution in [0.3, 0.4) is 0 Å². The quantitative estimate of drug-likeness (QED) is 0.190. The summed E-state index contributed by atoms with van der Waals surface area (Å²) in [6.45, 7) is 19.6. The zero-order valence-electron chi connectivity index (χ0n) is 33.0. The molecule has 1 aromatic rings. The Kier molecular flexibility index (Phi) is 67.9. The Morgan fingerprint density at radius 2 is 0.737 bits per heavy atom. The number of carbonyl (C=O) groups is 2. The molecule has 12 N–H and O–H groups in total. The van der Waals surface area contributed by atoms with Crippen molar-refractivity contribution < 1.29 is 40.9 Å². The molecule has 14 nitrogen and oxygen atoms in total. The molecular formula is C34H74Cl8N10O4Pt. The fourth-order valence-electron chi connectivity index (χ4n) is 5.94. The molecule has 0 unspecified atom stereocenters. The van der Waals surface area contributed by atoms with E-state index in [1.54, 1.807) is 0 Å². The molecule has 0 radical (unpaired) electrons. The standard InChI is InChI=1S/C28H54N8.C6H8O4.8ClH.2H3N.Pt/c1-9-29-15-17-31-13-3-21-35(23-19-33-11-1)25-27-5-7-28(8-6-27)26-36-22-4-14-32-18-16-30-10-2-12-34-20-24-36;7-4(8)6(5(9)10)2-1-3-6;;;;;;;;;;;/h5-8,29-34H,1-4,9-26H2;1-3H2,(H,7,8)(H,9,10);8*1H;2*1H3;/q;;;;;;;;;;;;+2/p-2. The number of hydrogen-bond donors (Lipinski definition) is 8. The van der Waals surface area contributed by atoms with Crippen molar-refractivity contribution in [1.82, 2.24) is 54.0 Å². The number of carboxylic acids is 2. The summed E-state index contributed by atoms with van der Waals surface area (Å²) in [4.78, 5) is 25.7. The van der Waals surface area contributed by atoms with Crippen molar-refractivity contribution in [2.45, 2.75) is 58.0 Å². The van der Waals surface area contributed by atoms with Crippen molar-refractivity contribution in [2.75, 3.05) is 105 Å². The summed E-state index contributed by atoms with van der Waals surface area (Å²) in [5.41, 5.74) is 1.19. The Morgan fingerprint density at radius 1 is 0.456 bits per heavy atom. The topological polar surface area (TPSA) is 229 Å². The first-order valence-corrected chi connectivity index (χ1v) is 17.7. The molecule has 3 aliphatic rings. The summed E-state index contributed by atoms with van der Waals surface area (Å²) in [5, 5.41) is 41.8. The van der Waals surface area contributed by atoms with Crippen molar-refractivity contribution in [3.63, 3.8) is 0 Å². The number of nitrogens with zero attached hydrogens (tertiary/aromatic N) is 2. The van der Waals surface area contributed by atoms with Crippen molar-refractivity contribution in [3.05, 3.63) is 35.4 Å². The van der Waals surface area contributed by atoms with E-state index in [9.17, 15) is 19.8 Å². The van der Waals surface area contributed by atoms with E-state index in [0.29, 0.717) is 6.42 Å². The van der Waals surface area contributed by atoms with Gasteiger partial charge in [-0.25, -0.2) is 0 Å². The first kappa shape index (κ1) is 78.3. The Bertz CT molecular complexity index is 909. The Hall–Kier alpha value is 0.768. The molecule has 0 amide bonds. The van der Waals surface area contributed by atoms with Crippen LogP contribution in [-0.4, -0.2) is 126 Å². The minimum atomic E-state index is -1.67. The summed E-state index contributed by atoms with van der Waals surface area (Å²) in [6.07, 6.45) is 5.72. The first-order valence-electron chi connectivity index (χ1n) is 17.7. The monoisotopic (exact) mass is 1160 g/mol. The van der Waals surface area contributed by atoms with Gasteiger partial charge in [-0.3, -0.25) is 9.80 Å². The number of halogens is 8. The average Bonchev–Trinajstić information content (AvgIpc) is 3.01. The summed E-state index contributed by atoms with van der Waals surface area (Å²) in [5.74, 6) is -3.03. The van der Waals surface area contributed by atoms with Crippen LogP contribution >= 0.6 is 99.3 Å². The van der Waals surface area contributed by atoms with Gasteiger partial charge in [0.15, 0.2) is 0 Å². The van der Waals surface area contributed by atoms with E-state index in [1.165, 1.54) is 36.8 Å². The van der Waals surface area contributed by atoms with Gasteiger partial charge in [0.25, 0.3) is 0 Å². The second-order valence-electron chi connectivity index (χ2n) is 12.8. The fraction of sp³-hybridized carbons (Fsp3) is 0.765. The van der Waals surface area contributed by atoms with Gasteiger partial charge in [-0.15, -0.1) is 99.3 Å². The Morgan fingerprint density at radius 3 is 0.982 bits per heavy atom. The molecule has 1 saturated carbocycles. The predicted molar refractivity (Wildman–Crippen MR) is 247 cm³/mol. The average molecular weight is 1170 g/mol. The molecule has 1 aliphatic carbocycles. The van der Waals surface area contributed by atoms with E-state index in [4.69, 9.17) is 0 Å². The third-order valence-corrected chi connectivity index (χ3v) is 9.06. The van der Waals surface area contributed by atoms with Gasteiger partial charge in [-0.1, -0.05) is 30.7 Å². The molecule has 1 aromatic carbocycles. The summed E-state index contributed by atoms with van der Waals surface area (Å²) >= 11 is 0. The third kappa shape index (κ3) is 34.0. The van der Waals surface area contributed by atoms with Crippen LogP contribution in [0.5, 0.6) is 0 Å². The number of benzene rings is 1. The SMILES string of the molecule is Cl.Cl.Cl.Cl.Cl.Cl.Cl.Cl.N.N.O=C([O-])C1(C(=O)[O-])CCC1.[Pt+2].c1cc(CN2CCCNCCNCCCNCC2)ccc1CN1CCCNCCNCCCNCC1. The molecule has 57 heavy (non-hydrogen) atoms. The van der Waals surface area contributed by atoms with Gasteiger partial charge in [0, 0.05) is 70.9 Å². The number of rotatable bonds is 6. The maximum atomic E-state index is 10.2. The minimum Gasteiger partial charge on any atom is -0.549 e. The van der Waals surface area contributed by atoms with Crippen molar-refractivity contribution in [3.8, 4) is 0 Å². The van der Waals surface area contributed by atoms with Crippen LogP contribution in [0.4, 0.5) is 0 Å². The van der Waals surface area contributed by atoms with Crippen LogP contribution in [0, 0.1) is 5.41 Å². The largest absolute Gasteiger partial charge is 2.00 e. The third-order valence-electron chi connectivity index (χ3n) is 9.06. The van der Waals surface area contributed by atoms with Crippen LogP contribution in [0.15, 0.2) is 24.3 Å². The van der Waals surface area contributed by atoms with E-state index in [1.807, 2.05) is 0 Å². The van der Waals surface area contributed by atoms with Crippen molar-refractivity contribution in [1.29, 1.82) is 0 Å². The molecule has 0 spiro atoms. The van der Waals surface area contributed by atoms with Gasteiger partial charge in [0.2, 0.25) is 0 Å². The van der Waals surface area contributed by atoms with Crippen LogP contribution in [0.2, 0.25) is 0 Å². The maximum absolute atomic E-state index is 10.2. The maximum Gasteiger partial charge on any atom is 2.00 e. The van der Waals surface area contributed by atoms with Crippen LogP contribution in [0.1, 0.15) is 56.1 Å². The molecule has 0 bridgehead atoms. The van der Waals surface area contributed by atoms with E-state index < -0.39 is 17.4 Å². The van der Waals surface area contributed by atoms with Crippen LogP contribution in [-0.2, 0) is 43.7 Å². The first-order chi connectivity index (χ1) is 22.5. The van der Waals surface area contributed by atoms with Crippen LogP contribution < -0.4 is 54.4 Å². The molecule has 2 aliphatic heterocycles. The smallest absolute Gasteiger partial charge is 0.549 e. The summed E-state index contributed by atoms with van der Waals surface area (Å²) < 4.78 is 0. The van der Waals surface area contributed by atoms with Gasteiger partial charge in [0.1, 0.15) is 0 Å². The van der Waals surface area contributed by atoms with E-state index >= 15 is 0 Å². The van der Waals surface area contributed by atoms with Gasteiger partial charge >= 0.3 is 21.1 Å². The number of nitrogens with one attached hydrogen (secondary N) is 6. The van der Waals surface area contributed by atoms with Gasteiger partial charge < -0.3 is 64.0 Å². The second kappa shape index (κ2) is 49.4. The van der Waals surface area contributed by atoms with Gasteiger partial charge in [0.05, 0.1) is 11.9 Å².